The van der Waals surface area contributed by atoms with Crippen LogP contribution in [0.4, 0.5) is 5.69 Å². The second-order valence-electron chi connectivity index (χ2n) is 3.78. The molecule has 0 spiro atoms. The number of aliphatic hydroxyl groups is 1. The fraction of sp³-hybridized carbons (Fsp3) is 0.364. The van der Waals surface area contributed by atoms with Gasteiger partial charge >= 0.3 is 0 Å². The Balaban J connectivity index is 2.29. The van der Waals surface area contributed by atoms with Crippen LogP contribution in [0.3, 0.4) is 0 Å². The van der Waals surface area contributed by atoms with Crippen molar-refractivity contribution in [3.05, 3.63) is 29.8 Å². The minimum atomic E-state index is -0.422. The third-order valence-electron chi connectivity index (χ3n) is 2.65. The maximum absolute atomic E-state index is 11.1. The molecule has 86 valence electrons. The Morgan fingerprint density at radius 2 is 2.25 bits per heavy atom. The molecule has 1 fully saturated rings. The first-order valence-electron chi connectivity index (χ1n) is 5.24. The van der Waals surface area contributed by atoms with E-state index >= 15 is 0 Å². The molecule has 0 bridgehead atoms. The van der Waals surface area contributed by atoms with Gasteiger partial charge in [0, 0.05) is 13.0 Å². The molecule has 1 aliphatic rings. The summed E-state index contributed by atoms with van der Waals surface area (Å²) in [5.74, 6) is 0.00683. The quantitative estimate of drug-likeness (QED) is 0.667. The lowest BCUT2D eigenvalue weighted by molar-refractivity contribution is -0.119. The summed E-state index contributed by atoms with van der Waals surface area (Å²) in [4.78, 5) is 11.1. The molecule has 1 heterocycles. The van der Waals surface area contributed by atoms with Crippen LogP contribution in [0.25, 0.3) is 0 Å². The molecule has 16 heavy (non-hydrogen) atoms. The van der Waals surface area contributed by atoms with Crippen molar-refractivity contribution in [2.45, 2.75) is 12.5 Å². The predicted octanol–water partition coefficient (Wildman–Crippen LogP) is -0.0800. The third kappa shape index (κ3) is 2.00. The van der Waals surface area contributed by atoms with E-state index < -0.39 is 6.04 Å². The lowest BCUT2D eigenvalue weighted by atomic mass is 10.1. The molecule has 5 nitrogen and oxygen atoms in total. The fourth-order valence-electron chi connectivity index (χ4n) is 1.80. The average Bonchev–Trinajstić information content (AvgIpc) is 2.75. The van der Waals surface area contributed by atoms with Crippen molar-refractivity contribution in [1.82, 2.24) is 5.43 Å². The van der Waals surface area contributed by atoms with Gasteiger partial charge in [-0.15, -0.1) is 0 Å². The lowest BCUT2D eigenvalue weighted by Crippen LogP contribution is -2.34. The van der Waals surface area contributed by atoms with Crippen molar-refractivity contribution in [3.8, 4) is 0 Å². The van der Waals surface area contributed by atoms with E-state index in [1.54, 1.807) is 5.01 Å². The number of anilines is 1. The van der Waals surface area contributed by atoms with Gasteiger partial charge < -0.3 is 10.8 Å². The van der Waals surface area contributed by atoms with Crippen molar-refractivity contribution in [2.24, 2.45) is 5.73 Å². The minimum Gasteiger partial charge on any atom is -0.394 e. The molecule has 1 aliphatic heterocycles. The number of hydrogen-bond donors (Lipinski definition) is 3. The number of benzene rings is 1. The van der Waals surface area contributed by atoms with Crippen LogP contribution in [0.5, 0.6) is 0 Å². The van der Waals surface area contributed by atoms with E-state index in [9.17, 15) is 4.79 Å². The van der Waals surface area contributed by atoms with Crippen molar-refractivity contribution in [2.75, 3.05) is 18.2 Å². The van der Waals surface area contributed by atoms with Crippen LogP contribution in [0.2, 0.25) is 0 Å². The van der Waals surface area contributed by atoms with Gasteiger partial charge in [-0.2, -0.15) is 0 Å². The van der Waals surface area contributed by atoms with E-state index in [1.165, 1.54) is 0 Å². The van der Waals surface area contributed by atoms with Crippen LogP contribution in [0.1, 0.15) is 18.0 Å². The Morgan fingerprint density at radius 1 is 1.50 bits per heavy atom. The van der Waals surface area contributed by atoms with E-state index in [0.29, 0.717) is 13.0 Å². The third-order valence-corrected chi connectivity index (χ3v) is 2.65. The zero-order valence-electron chi connectivity index (χ0n) is 8.89. The Kier molecular flexibility index (Phi) is 3.07. The topological polar surface area (TPSA) is 78.6 Å². The van der Waals surface area contributed by atoms with Crippen molar-refractivity contribution in [1.29, 1.82) is 0 Å². The summed E-state index contributed by atoms with van der Waals surface area (Å²) in [7, 11) is 0. The summed E-state index contributed by atoms with van der Waals surface area (Å²) in [6, 6.07) is 7.07. The van der Waals surface area contributed by atoms with Gasteiger partial charge in [0.25, 0.3) is 0 Å². The van der Waals surface area contributed by atoms with E-state index in [1.807, 2.05) is 24.3 Å². The summed E-state index contributed by atoms with van der Waals surface area (Å²) in [6.45, 7) is 0.521. The molecule has 0 radical (unpaired) electrons. The number of carbonyl (C=O) groups is 1. The molecule has 1 aromatic rings. The number of nitrogens with one attached hydrogen (secondary N) is 1. The minimum absolute atomic E-state index is 0.00683. The first kappa shape index (κ1) is 10.9. The molecule has 0 aromatic heterocycles. The molecule has 4 N–H and O–H groups in total. The Labute approximate surface area is 93.8 Å². The molecule has 1 saturated heterocycles. The van der Waals surface area contributed by atoms with Crippen molar-refractivity contribution in [3.63, 3.8) is 0 Å². The highest BCUT2D eigenvalue weighted by atomic mass is 16.3. The van der Waals surface area contributed by atoms with E-state index in [-0.39, 0.29) is 12.5 Å². The number of amides is 1. The summed E-state index contributed by atoms with van der Waals surface area (Å²) in [5.41, 5.74) is 10.3. The standard InChI is InChI=1S/C11H15N3O2/c12-9(7-15)8-3-1-2-4-10(8)14-6-5-11(16)13-14/h1-4,9,15H,5-7,12H2,(H,13,16). The normalized spacial score (nSPS) is 17.4. The van der Waals surface area contributed by atoms with Crippen LogP contribution in [-0.4, -0.2) is 24.2 Å². The largest absolute Gasteiger partial charge is 0.394 e. The lowest BCUT2D eigenvalue weighted by Gasteiger charge is -2.23. The number of carbonyl (C=O) groups excluding carboxylic acids is 1. The zero-order chi connectivity index (χ0) is 11.5. The molecule has 0 aliphatic carbocycles. The molecule has 2 rings (SSSR count). The number of nitrogens with two attached hydrogens (primary N) is 1. The van der Waals surface area contributed by atoms with Gasteiger partial charge in [-0.05, 0) is 11.6 Å². The Bertz CT molecular complexity index is 395. The zero-order valence-corrected chi connectivity index (χ0v) is 8.89. The number of hydrazine groups is 1. The highest BCUT2D eigenvalue weighted by Gasteiger charge is 2.22. The summed E-state index contributed by atoms with van der Waals surface area (Å²) < 4.78 is 0. The summed E-state index contributed by atoms with van der Waals surface area (Å²) in [6.07, 6.45) is 0.489. The second-order valence-corrected chi connectivity index (χ2v) is 3.78. The number of hydrogen-bond acceptors (Lipinski definition) is 4. The highest BCUT2D eigenvalue weighted by Crippen LogP contribution is 2.25. The Hall–Kier alpha value is -1.59. The summed E-state index contributed by atoms with van der Waals surface area (Å²) >= 11 is 0. The van der Waals surface area contributed by atoms with E-state index in [0.717, 1.165) is 11.3 Å². The van der Waals surface area contributed by atoms with Gasteiger partial charge in [0.15, 0.2) is 0 Å². The smallest absolute Gasteiger partial charge is 0.240 e. The SMILES string of the molecule is NC(CO)c1ccccc1N1CCC(=O)N1. The fourth-order valence-corrected chi connectivity index (χ4v) is 1.80. The van der Waals surface area contributed by atoms with Gasteiger partial charge in [0.1, 0.15) is 0 Å². The maximum atomic E-state index is 11.1. The van der Waals surface area contributed by atoms with Crippen LogP contribution < -0.4 is 16.2 Å². The van der Waals surface area contributed by atoms with Gasteiger partial charge in [-0.1, -0.05) is 18.2 Å². The number of nitrogens with zero attached hydrogens (tertiary/aromatic N) is 1. The van der Waals surface area contributed by atoms with Gasteiger partial charge in [0.05, 0.1) is 18.3 Å². The average molecular weight is 221 g/mol. The van der Waals surface area contributed by atoms with Crippen molar-refractivity contribution < 1.29 is 9.90 Å². The number of para-hydroxylation sites is 1. The maximum Gasteiger partial charge on any atom is 0.240 e. The van der Waals surface area contributed by atoms with E-state index in [2.05, 4.69) is 5.43 Å². The van der Waals surface area contributed by atoms with Crippen LogP contribution in [-0.2, 0) is 4.79 Å². The van der Waals surface area contributed by atoms with Gasteiger partial charge in [-0.25, -0.2) is 0 Å². The molecule has 5 heteroatoms. The van der Waals surface area contributed by atoms with Crippen LogP contribution >= 0.6 is 0 Å². The van der Waals surface area contributed by atoms with Gasteiger partial charge in [-0.3, -0.25) is 15.2 Å². The number of aliphatic hydroxyl groups excluding tert-OH is 1. The van der Waals surface area contributed by atoms with Crippen molar-refractivity contribution >= 4 is 11.6 Å². The molecule has 1 unspecified atom stereocenters. The highest BCUT2D eigenvalue weighted by molar-refractivity contribution is 5.82. The molecular weight excluding hydrogens is 206 g/mol. The van der Waals surface area contributed by atoms with Gasteiger partial charge in [0.2, 0.25) is 5.91 Å². The van der Waals surface area contributed by atoms with Crippen LogP contribution in [0.15, 0.2) is 24.3 Å². The molecule has 0 saturated carbocycles. The summed E-state index contributed by atoms with van der Waals surface area (Å²) in [5, 5.41) is 10.8. The molecule has 1 amide bonds. The first-order valence-corrected chi connectivity index (χ1v) is 5.24. The van der Waals surface area contributed by atoms with Crippen LogP contribution in [0, 0.1) is 0 Å². The number of rotatable bonds is 3. The van der Waals surface area contributed by atoms with E-state index in [4.69, 9.17) is 10.8 Å². The molecular formula is C11H15N3O2. The molecule has 1 aromatic carbocycles. The predicted molar refractivity (Wildman–Crippen MR) is 60.6 cm³/mol. The molecule has 1 atom stereocenters. The Morgan fingerprint density at radius 3 is 2.88 bits per heavy atom. The second kappa shape index (κ2) is 4.51. The first-order chi connectivity index (χ1) is 7.72. The monoisotopic (exact) mass is 221 g/mol.